The van der Waals surface area contributed by atoms with Crippen LogP contribution in [-0.4, -0.2) is 25.6 Å². The minimum absolute atomic E-state index is 0.0352. The van der Waals surface area contributed by atoms with E-state index >= 15 is 0 Å². The summed E-state index contributed by atoms with van der Waals surface area (Å²) in [6, 6.07) is 8.64. The topological polar surface area (TPSA) is 65.0 Å². The molecule has 1 aliphatic rings. The van der Waals surface area contributed by atoms with E-state index in [2.05, 4.69) is 0 Å². The van der Waals surface area contributed by atoms with Crippen LogP contribution in [0.3, 0.4) is 0 Å². The summed E-state index contributed by atoms with van der Waals surface area (Å²) in [5.74, 6) is 1.72. The van der Waals surface area contributed by atoms with Crippen LogP contribution in [-0.2, 0) is 0 Å². The number of hydrogen-bond acceptors (Lipinski definition) is 5. The number of fused-ring (bicyclic) bond motifs is 1. The van der Waals surface area contributed by atoms with Gasteiger partial charge in [-0.25, -0.2) is 0 Å². The highest BCUT2D eigenvalue weighted by Crippen LogP contribution is 2.51. The van der Waals surface area contributed by atoms with E-state index in [1.807, 2.05) is 13.0 Å². The van der Waals surface area contributed by atoms with E-state index in [0.29, 0.717) is 22.8 Å². The Labute approximate surface area is 134 Å². The number of phenols is 1. The molecule has 5 heteroatoms. The van der Waals surface area contributed by atoms with Crippen LogP contribution in [0.25, 0.3) is 0 Å². The first-order valence-corrected chi connectivity index (χ1v) is 7.29. The monoisotopic (exact) mass is 314 g/mol. The number of carbonyl (C=O) groups is 1. The van der Waals surface area contributed by atoms with E-state index in [9.17, 15) is 9.90 Å². The zero-order valence-electron chi connectivity index (χ0n) is 13.2. The Morgan fingerprint density at radius 3 is 2.52 bits per heavy atom. The van der Waals surface area contributed by atoms with Crippen LogP contribution in [0, 0.1) is 0 Å². The number of aromatic hydroxyl groups is 1. The third-order valence-electron chi connectivity index (χ3n) is 4.18. The molecule has 1 unspecified atom stereocenters. The van der Waals surface area contributed by atoms with Crippen molar-refractivity contribution in [1.29, 1.82) is 0 Å². The van der Waals surface area contributed by atoms with Crippen molar-refractivity contribution in [3.8, 4) is 23.0 Å². The molecule has 2 aromatic rings. The van der Waals surface area contributed by atoms with Crippen LogP contribution in [0.4, 0.5) is 0 Å². The quantitative estimate of drug-likeness (QED) is 0.876. The predicted octanol–water partition coefficient (Wildman–Crippen LogP) is 3.46. The molecule has 3 rings (SSSR count). The van der Waals surface area contributed by atoms with Gasteiger partial charge in [0.2, 0.25) is 0 Å². The van der Waals surface area contributed by atoms with Crippen molar-refractivity contribution in [2.45, 2.75) is 18.9 Å². The summed E-state index contributed by atoms with van der Waals surface area (Å²) in [6.45, 7) is 2.03. The molecule has 0 radical (unpaired) electrons. The Bertz CT molecular complexity index is 753. The highest BCUT2D eigenvalue weighted by atomic mass is 16.5. The Kier molecular flexibility index (Phi) is 3.86. The van der Waals surface area contributed by atoms with Gasteiger partial charge in [-0.3, -0.25) is 4.79 Å². The van der Waals surface area contributed by atoms with Gasteiger partial charge in [-0.2, -0.15) is 0 Å². The molecule has 0 aromatic heterocycles. The van der Waals surface area contributed by atoms with Crippen LogP contribution in [0.5, 0.6) is 23.0 Å². The van der Waals surface area contributed by atoms with Gasteiger partial charge in [0.15, 0.2) is 23.0 Å². The van der Waals surface area contributed by atoms with Gasteiger partial charge in [0.05, 0.1) is 14.2 Å². The fourth-order valence-corrected chi connectivity index (χ4v) is 2.95. The molecular formula is C18H18O5. The molecule has 120 valence electrons. The van der Waals surface area contributed by atoms with Gasteiger partial charge in [-0.15, -0.1) is 0 Å². The molecule has 0 fully saturated rings. The maximum Gasteiger partial charge on any atom is 0.165 e. The second kappa shape index (κ2) is 5.83. The molecule has 0 spiro atoms. The number of methoxy groups -OCH3 is 2. The van der Waals surface area contributed by atoms with Crippen LogP contribution >= 0.6 is 0 Å². The number of ether oxygens (including phenoxy) is 3. The Balaban J connectivity index is 2.03. The molecule has 0 saturated heterocycles. The zero-order valence-corrected chi connectivity index (χ0v) is 13.2. The summed E-state index contributed by atoms with van der Waals surface area (Å²) >= 11 is 0. The van der Waals surface area contributed by atoms with Crippen molar-refractivity contribution < 1.29 is 24.1 Å². The minimum Gasteiger partial charge on any atom is -0.504 e. The van der Waals surface area contributed by atoms with E-state index in [4.69, 9.17) is 14.2 Å². The van der Waals surface area contributed by atoms with Crippen molar-refractivity contribution in [3.63, 3.8) is 0 Å². The van der Waals surface area contributed by atoms with E-state index in [0.717, 1.165) is 17.4 Å². The van der Waals surface area contributed by atoms with Gasteiger partial charge in [0.1, 0.15) is 12.4 Å². The van der Waals surface area contributed by atoms with Gasteiger partial charge in [0, 0.05) is 17.0 Å². The summed E-state index contributed by atoms with van der Waals surface area (Å²) < 4.78 is 16.6. The van der Waals surface area contributed by atoms with E-state index in [1.54, 1.807) is 31.4 Å². The Morgan fingerprint density at radius 1 is 1.13 bits per heavy atom. The van der Waals surface area contributed by atoms with Crippen LogP contribution in [0.2, 0.25) is 0 Å². The predicted molar refractivity (Wildman–Crippen MR) is 84.8 cm³/mol. The lowest BCUT2D eigenvalue weighted by atomic mass is 9.91. The standard InChI is InChI=1S/C18H18O5/c1-10-13-6-11(9-19)7-16(22-3)18(13)23-17(10)12-4-5-14(20)15(8-12)21-2/h4-10,17,20H,1-3H3/t10-,17?/m0/s1. The Hall–Kier alpha value is -2.69. The molecule has 1 N–H and O–H groups in total. The lowest BCUT2D eigenvalue weighted by Crippen LogP contribution is -2.07. The van der Waals surface area contributed by atoms with Gasteiger partial charge >= 0.3 is 0 Å². The fraction of sp³-hybridized carbons (Fsp3) is 0.278. The zero-order chi connectivity index (χ0) is 16.6. The molecule has 1 aliphatic heterocycles. The van der Waals surface area contributed by atoms with Crippen molar-refractivity contribution in [2.75, 3.05) is 14.2 Å². The smallest absolute Gasteiger partial charge is 0.165 e. The first kappa shape index (κ1) is 15.2. The molecule has 5 nitrogen and oxygen atoms in total. The highest BCUT2D eigenvalue weighted by molar-refractivity contribution is 5.78. The average molecular weight is 314 g/mol. The molecule has 0 aliphatic carbocycles. The number of benzene rings is 2. The number of phenolic OH excluding ortho intramolecular Hbond substituents is 1. The van der Waals surface area contributed by atoms with E-state index in [1.165, 1.54) is 7.11 Å². The largest absolute Gasteiger partial charge is 0.504 e. The number of rotatable bonds is 4. The van der Waals surface area contributed by atoms with Crippen molar-refractivity contribution in [3.05, 3.63) is 47.0 Å². The first-order chi connectivity index (χ1) is 11.1. The number of aldehydes is 1. The average Bonchev–Trinajstić information content (AvgIpc) is 2.91. The molecule has 1 heterocycles. The maximum atomic E-state index is 11.1. The second-order valence-electron chi connectivity index (χ2n) is 5.52. The second-order valence-corrected chi connectivity index (χ2v) is 5.52. The first-order valence-electron chi connectivity index (χ1n) is 7.29. The van der Waals surface area contributed by atoms with Gasteiger partial charge in [0.25, 0.3) is 0 Å². The molecule has 2 atom stereocenters. The van der Waals surface area contributed by atoms with Gasteiger partial charge < -0.3 is 19.3 Å². The normalized spacial score (nSPS) is 18.9. The van der Waals surface area contributed by atoms with Crippen molar-refractivity contribution in [2.24, 2.45) is 0 Å². The molecule has 0 amide bonds. The maximum absolute atomic E-state index is 11.1. The van der Waals surface area contributed by atoms with Crippen molar-refractivity contribution in [1.82, 2.24) is 0 Å². The lowest BCUT2D eigenvalue weighted by Gasteiger charge is -2.17. The van der Waals surface area contributed by atoms with E-state index < -0.39 is 0 Å². The van der Waals surface area contributed by atoms with E-state index in [-0.39, 0.29) is 17.8 Å². The fourth-order valence-electron chi connectivity index (χ4n) is 2.95. The van der Waals surface area contributed by atoms with Gasteiger partial charge in [-0.05, 0) is 29.8 Å². The Morgan fingerprint density at radius 2 is 1.87 bits per heavy atom. The molecule has 2 aromatic carbocycles. The SMILES string of the molecule is COc1cc(C2Oc3c(OC)cc(C=O)cc3[C@@H]2C)ccc1O. The summed E-state index contributed by atoms with van der Waals surface area (Å²) in [5.41, 5.74) is 2.38. The number of hydrogen-bond donors (Lipinski definition) is 1. The third kappa shape index (κ3) is 2.48. The third-order valence-corrected chi connectivity index (χ3v) is 4.18. The summed E-state index contributed by atoms with van der Waals surface area (Å²) in [6.07, 6.45) is 0.558. The summed E-state index contributed by atoms with van der Waals surface area (Å²) in [5, 5.41) is 9.74. The lowest BCUT2D eigenvalue weighted by molar-refractivity contribution is 0.112. The molecule has 0 bridgehead atoms. The van der Waals surface area contributed by atoms with Crippen LogP contribution in [0.15, 0.2) is 30.3 Å². The highest BCUT2D eigenvalue weighted by Gasteiger charge is 2.35. The molecule has 23 heavy (non-hydrogen) atoms. The summed E-state index contributed by atoms with van der Waals surface area (Å²) in [7, 11) is 3.06. The summed E-state index contributed by atoms with van der Waals surface area (Å²) in [4.78, 5) is 11.1. The van der Waals surface area contributed by atoms with Gasteiger partial charge in [-0.1, -0.05) is 13.0 Å². The molecule has 0 saturated carbocycles. The van der Waals surface area contributed by atoms with Crippen LogP contribution in [0.1, 0.15) is 40.4 Å². The minimum atomic E-state index is -0.240. The molecular weight excluding hydrogens is 296 g/mol. The van der Waals surface area contributed by atoms with Crippen LogP contribution < -0.4 is 14.2 Å². The van der Waals surface area contributed by atoms with Crippen molar-refractivity contribution >= 4 is 6.29 Å². The number of carbonyl (C=O) groups excluding carboxylic acids is 1.